The average Bonchev–Trinajstić information content (AvgIpc) is 3.19. The number of hydrogen-bond acceptors (Lipinski definition) is 5. The molecule has 31 heavy (non-hydrogen) atoms. The van der Waals surface area contributed by atoms with Crippen LogP contribution in [-0.4, -0.2) is 68.1 Å². The first kappa shape index (κ1) is 20.5. The maximum absolute atomic E-state index is 13.1. The predicted molar refractivity (Wildman–Crippen MR) is 111 cm³/mol. The highest BCUT2D eigenvalue weighted by Crippen LogP contribution is 2.20. The third-order valence-corrected chi connectivity index (χ3v) is 5.24. The molecule has 3 aromatic rings. The van der Waals surface area contributed by atoms with Gasteiger partial charge in [0.2, 0.25) is 0 Å². The van der Waals surface area contributed by atoms with E-state index in [1.165, 1.54) is 35.3 Å². The van der Waals surface area contributed by atoms with Gasteiger partial charge < -0.3 is 15.1 Å². The number of carbonyl (C=O) groups excluding carboxylic acids is 2. The second kappa shape index (κ2) is 8.90. The number of nitrogens with zero attached hydrogens (tertiary/aromatic N) is 6. The van der Waals surface area contributed by atoms with E-state index in [-0.39, 0.29) is 17.8 Å². The van der Waals surface area contributed by atoms with Crippen LogP contribution in [0.15, 0.2) is 48.8 Å². The summed E-state index contributed by atoms with van der Waals surface area (Å²) < 4.78 is 14.6. The Hall–Kier alpha value is -3.82. The van der Waals surface area contributed by atoms with E-state index in [4.69, 9.17) is 0 Å². The first-order chi connectivity index (χ1) is 15.0. The summed E-state index contributed by atoms with van der Waals surface area (Å²) in [6.45, 7) is 3.79. The average molecular weight is 423 g/mol. The number of urea groups is 1. The summed E-state index contributed by atoms with van der Waals surface area (Å²) in [5.41, 5.74) is 2.75. The maximum Gasteiger partial charge on any atom is 0.321 e. The number of carbonyl (C=O) groups is 2. The molecule has 2 heterocycles. The Balaban J connectivity index is 1.40. The lowest BCUT2D eigenvalue weighted by atomic mass is 10.2. The van der Waals surface area contributed by atoms with Crippen LogP contribution in [0.5, 0.6) is 0 Å². The van der Waals surface area contributed by atoms with E-state index in [1.807, 2.05) is 25.1 Å². The van der Waals surface area contributed by atoms with Gasteiger partial charge in [-0.1, -0.05) is 6.07 Å². The standard InChI is InChI=1S/C21H22FN7O2/c1-15-3-8-18(29-14-23-25-26-29)13-19(15)24-21(31)28-10-2-9-27(11-12-28)20(30)16-4-6-17(22)7-5-16/h3-8,13-14H,2,9-12H2,1H3,(H,24,31). The van der Waals surface area contributed by atoms with E-state index in [2.05, 4.69) is 20.8 Å². The van der Waals surface area contributed by atoms with Crippen molar-refractivity contribution in [3.63, 3.8) is 0 Å². The lowest BCUT2D eigenvalue weighted by molar-refractivity contribution is 0.0762. The number of aromatic nitrogens is 4. The number of rotatable bonds is 3. The van der Waals surface area contributed by atoms with Gasteiger partial charge in [0.15, 0.2) is 0 Å². The zero-order valence-electron chi connectivity index (χ0n) is 17.0. The fourth-order valence-corrected chi connectivity index (χ4v) is 3.46. The van der Waals surface area contributed by atoms with Gasteiger partial charge in [-0.3, -0.25) is 4.79 Å². The van der Waals surface area contributed by atoms with Crippen molar-refractivity contribution in [2.24, 2.45) is 0 Å². The molecule has 0 radical (unpaired) electrons. The molecule has 1 saturated heterocycles. The molecular formula is C21H22FN7O2. The Kier molecular flexibility index (Phi) is 5.87. The number of amides is 3. The molecule has 160 valence electrons. The summed E-state index contributed by atoms with van der Waals surface area (Å²) in [5.74, 6) is -0.540. The van der Waals surface area contributed by atoms with Crippen LogP contribution in [0.4, 0.5) is 14.9 Å². The Morgan fingerprint density at radius 2 is 1.74 bits per heavy atom. The smallest absolute Gasteiger partial charge is 0.321 e. The first-order valence-corrected chi connectivity index (χ1v) is 9.96. The molecule has 0 bridgehead atoms. The maximum atomic E-state index is 13.1. The molecule has 1 N–H and O–H groups in total. The number of aryl methyl sites for hydroxylation is 1. The summed E-state index contributed by atoms with van der Waals surface area (Å²) in [4.78, 5) is 29.0. The largest absolute Gasteiger partial charge is 0.337 e. The number of anilines is 1. The van der Waals surface area contributed by atoms with Crippen molar-refractivity contribution in [1.82, 2.24) is 30.0 Å². The van der Waals surface area contributed by atoms with Gasteiger partial charge in [-0.25, -0.2) is 13.9 Å². The second-order valence-corrected chi connectivity index (χ2v) is 7.32. The molecule has 0 atom stereocenters. The van der Waals surface area contributed by atoms with E-state index in [9.17, 15) is 14.0 Å². The highest BCUT2D eigenvalue weighted by atomic mass is 19.1. The molecule has 1 fully saturated rings. The van der Waals surface area contributed by atoms with E-state index in [0.717, 1.165) is 11.3 Å². The van der Waals surface area contributed by atoms with Crippen LogP contribution >= 0.6 is 0 Å². The monoisotopic (exact) mass is 423 g/mol. The van der Waals surface area contributed by atoms with Crippen LogP contribution in [0.2, 0.25) is 0 Å². The zero-order chi connectivity index (χ0) is 21.8. The van der Waals surface area contributed by atoms with Crippen molar-refractivity contribution < 1.29 is 14.0 Å². The predicted octanol–water partition coefficient (Wildman–Crippen LogP) is 2.49. The van der Waals surface area contributed by atoms with E-state index in [1.54, 1.807) is 9.80 Å². The quantitative estimate of drug-likeness (QED) is 0.698. The minimum atomic E-state index is -0.380. The zero-order valence-corrected chi connectivity index (χ0v) is 17.0. The summed E-state index contributed by atoms with van der Waals surface area (Å²) in [5, 5.41) is 14.1. The van der Waals surface area contributed by atoms with Crippen molar-refractivity contribution >= 4 is 17.6 Å². The third kappa shape index (κ3) is 4.68. The van der Waals surface area contributed by atoms with Crippen LogP contribution in [-0.2, 0) is 0 Å². The number of benzene rings is 2. The SMILES string of the molecule is Cc1ccc(-n2cnnn2)cc1NC(=O)N1CCCN(C(=O)c2ccc(F)cc2)CC1. The molecule has 10 heteroatoms. The molecule has 0 spiro atoms. The van der Waals surface area contributed by atoms with Crippen molar-refractivity contribution in [1.29, 1.82) is 0 Å². The summed E-state index contributed by atoms with van der Waals surface area (Å²) in [7, 11) is 0. The van der Waals surface area contributed by atoms with Crippen molar-refractivity contribution in [2.75, 3.05) is 31.5 Å². The summed E-state index contributed by atoms with van der Waals surface area (Å²) in [6.07, 6.45) is 2.14. The number of halogens is 1. The Labute approximate surface area is 178 Å². The van der Waals surface area contributed by atoms with Crippen LogP contribution in [0.25, 0.3) is 5.69 Å². The van der Waals surface area contributed by atoms with Crippen molar-refractivity contribution in [2.45, 2.75) is 13.3 Å². The van der Waals surface area contributed by atoms with Gasteiger partial charge in [0.25, 0.3) is 5.91 Å². The van der Waals surface area contributed by atoms with Gasteiger partial charge in [0.05, 0.1) is 5.69 Å². The first-order valence-electron chi connectivity index (χ1n) is 9.96. The topological polar surface area (TPSA) is 96.2 Å². The van der Waals surface area contributed by atoms with Crippen LogP contribution < -0.4 is 5.32 Å². The fraction of sp³-hybridized carbons (Fsp3) is 0.286. The lowest BCUT2D eigenvalue weighted by Gasteiger charge is -2.23. The van der Waals surface area contributed by atoms with Crippen LogP contribution in [0.1, 0.15) is 22.3 Å². The highest BCUT2D eigenvalue weighted by molar-refractivity contribution is 5.94. The van der Waals surface area contributed by atoms with Gasteiger partial charge in [0.1, 0.15) is 12.1 Å². The highest BCUT2D eigenvalue weighted by Gasteiger charge is 2.23. The number of nitrogens with one attached hydrogen (secondary N) is 1. The van der Waals surface area contributed by atoms with E-state index in [0.29, 0.717) is 43.9 Å². The van der Waals surface area contributed by atoms with E-state index >= 15 is 0 Å². The van der Waals surface area contributed by atoms with Gasteiger partial charge in [-0.15, -0.1) is 5.10 Å². The van der Waals surface area contributed by atoms with Crippen molar-refractivity contribution in [3.8, 4) is 5.69 Å². The lowest BCUT2D eigenvalue weighted by Crippen LogP contribution is -2.39. The Morgan fingerprint density at radius 1 is 1.00 bits per heavy atom. The molecule has 0 unspecified atom stereocenters. The molecule has 1 aliphatic rings. The molecule has 9 nitrogen and oxygen atoms in total. The molecule has 0 saturated carbocycles. The van der Waals surface area contributed by atoms with Gasteiger partial charge in [-0.2, -0.15) is 0 Å². The Morgan fingerprint density at radius 3 is 2.48 bits per heavy atom. The molecular weight excluding hydrogens is 401 g/mol. The second-order valence-electron chi connectivity index (χ2n) is 7.32. The van der Waals surface area contributed by atoms with Crippen LogP contribution in [0.3, 0.4) is 0 Å². The van der Waals surface area contributed by atoms with Crippen molar-refractivity contribution in [3.05, 3.63) is 65.7 Å². The minimum Gasteiger partial charge on any atom is -0.337 e. The molecule has 1 aliphatic heterocycles. The van der Waals surface area contributed by atoms with E-state index < -0.39 is 0 Å². The Bertz CT molecular complexity index is 1070. The fourth-order valence-electron chi connectivity index (χ4n) is 3.46. The number of tetrazole rings is 1. The summed E-state index contributed by atoms with van der Waals surface area (Å²) in [6, 6.07) is 10.8. The molecule has 4 rings (SSSR count). The molecule has 1 aromatic heterocycles. The molecule has 0 aliphatic carbocycles. The van der Waals surface area contributed by atoms with Crippen LogP contribution in [0, 0.1) is 12.7 Å². The minimum absolute atomic E-state index is 0.160. The number of hydrogen-bond donors (Lipinski definition) is 1. The normalized spacial score (nSPS) is 14.3. The third-order valence-electron chi connectivity index (χ3n) is 5.24. The van der Waals surface area contributed by atoms with Gasteiger partial charge in [0, 0.05) is 37.4 Å². The van der Waals surface area contributed by atoms with Gasteiger partial charge >= 0.3 is 6.03 Å². The summed E-state index contributed by atoms with van der Waals surface area (Å²) >= 11 is 0. The van der Waals surface area contributed by atoms with Gasteiger partial charge in [-0.05, 0) is 65.7 Å². The molecule has 2 aromatic carbocycles. The molecule has 3 amide bonds.